The number of nitrogens with one attached hydrogen (secondary N) is 2. The van der Waals surface area contributed by atoms with E-state index in [0.717, 1.165) is 5.56 Å². The standard InChI is InChI=1S/C24H26N4O8/c1-16(26-24(32)35-15-17-6-3-2-4-7-17)23(31)27-13-5-8-20(27)22(30)25-14-21(29)36-19-11-9-18(10-12-19)28(33)34/h2-4,6-7,9-12,16,20H,5,8,13-15H2,1H3,(H,25,30)(H,26,32)/t16-,20-/m0/s1. The number of benzene rings is 2. The Bertz CT molecular complexity index is 1110. The van der Waals surface area contributed by atoms with Crippen molar-refractivity contribution in [3.63, 3.8) is 0 Å². The summed E-state index contributed by atoms with van der Waals surface area (Å²) >= 11 is 0. The highest BCUT2D eigenvalue weighted by Gasteiger charge is 2.36. The maximum atomic E-state index is 12.9. The number of rotatable bonds is 9. The zero-order valence-corrected chi connectivity index (χ0v) is 19.5. The number of carbonyl (C=O) groups is 4. The number of hydrogen-bond donors (Lipinski definition) is 2. The van der Waals surface area contributed by atoms with Crippen molar-refractivity contribution in [1.29, 1.82) is 0 Å². The molecule has 2 atom stereocenters. The van der Waals surface area contributed by atoms with Crippen LogP contribution in [0.25, 0.3) is 0 Å². The van der Waals surface area contributed by atoms with Gasteiger partial charge in [0.05, 0.1) is 4.92 Å². The molecule has 0 spiro atoms. The second-order valence-electron chi connectivity index (χ2n) is 8.06. The average molecular weight is 498 g/mol. The summed E-state index contributed by atoms with van der Waals surface area (Å²) in [6, 6.07) is 12.3. The molecule has 36 heavy (non-hydrogen) atoms. The van der Waals surface area contributed by atoms with Crippen LogP contribution >= 0.6 is 0 Å². The molecule has 0 radical (unpaired) electrons. The molecule has 3 rings (SSSR count). The smallest absolute Gasteiger partial charge is 0.408 e. The zero-order chi connectivity index (χ0) is 26.1. The molecule has 12 nitrogen and oxygen atoms in total. The maximum Gasteiger partial charge on any atom is 0.408 e. The van der Waals surface area contributed by atoms with E-state index in [2.05, 4.69) is 10.6 Å². The maximum absolute atomic E-state index is 12.9. The summed E-state index contributed by atoms with van der Waals surface area (Å²) in [7, 11) is 0. The van der Waals surface area contributed by atoms with Crippen molar-refractivity contribution >= 4 is 29.6 Å². The lowest BCUT2D eigenvalue weighted by Gasteiger charge is -2.26. The molecule has 1 aliphatic heterocycles. The number of nitro benzene ring substituents is 1. The molecule has 1 aliphatic rings. The van der Waals surface area contributed by atoms with Gasteiger partial charge in [-0.1, -0.05) is 30.3 Å². The van der Waals surface area contributed by atoms with E-state index >= 15 is 0 Å². The minimum atomic E-state index is -0.922. The lowest BCUT2D eigenvalue weighted by Crippen LogP contribution is -2.53. The summed E-state index contributed by atoms with van der Waals surface area (Å²) in [5.74, 6) is -1.65. The van der Waals surface area contributed by atoms with E-state index in [0.29, 0.717) is 19.4 Å². The highest BCUT2D eigenvalue weighted by Crippen LogP contribution is 2.19. The van der Waals surface area contributed by atoms with E-state index < -0.39 is 47.4 Å². The first-order valence-electron chi connectivity index (χ1n) is 11.2. The Morgan fingerprint density at radius 2 is 1.81 bits per heavy atom. The summed E-state index contributed by atoms with van der Waals surface area (Å²) in [6.45, 7) is 1.43. The van der Waals surface area contributed by atoms with Gasteiger partial charge in [-0.2, -0.15) is 0 Å². The van der Waals surface area contributed by atoms with Crippen LogP contribution in [0.4, 0.5) is 10.5 Å². The molecule has 12 heteroatoms. The zero-order valence-electron chi connectivity index (χ0n) is 19.5. The van der Waals surface area contributed by atoms with Gasteiger partial charge in [-0.25, -0.2) is 9.59 Å². The third-order valence-corrected chi connectivity index (χ3v) is 5.44. The average Bonchev–Trinajstić information content (AvgIpc) is 3.36. The molecule has 0 saturated carbocycles. The fraction of sp³-hybridized carbons (Fsp3) is 0.333. The Kier molecular flexibility index (Phi) is 8.92. The molecule has 0 aromatic heterocycles. The van der Waals surface area contributed by atoms with Gasteiger partial charge >= 0.3 is 12.1 Å². The fourth-order valence-electron chi connectivity index (χ4n) is 3.64. The van der Waals surface area contributed by atoms with Crippen molar-refractivity contribution in [2.45, 2.75) is 38.5 Å². The van der Waals surface area contributed by atoms with Crippen LogP contribution in [-0.4, -0.2) is 58.9 Å². The van der Waals surface area contributed by atoms with Gasteiger partial charge in [0.1, 0.15) is 31.0 Å². The largest absolute Gasteiger partial charge is 0.445 e. The van der Waals surface area contributed by atoms with E-state index in [1.165, 1.54) is 36.1 Å². The van der Waals surface area contributed by atoms with Gasteiger partial charge in [0, 0.05) is 18.7 Å². The predicted molar refractivity (Wildman–Crippen MR) is 126 cm³/mol. The van der Waals surface area contributed by atoms with Crippen LogP contribution < -0.4 is 15.4 Å². The summed E-state index contributed by atoms with van der Waals surface area (Å²) < 4.78 is 10.2. The molecular weight excluding hydrogens is 472 g/mol. The molecule has 0 aliphatic carbocycles. The molecule has 0 bridgehead atoms. The monoisotopic (exact) mass is 498 g/mol. The van der Waals surface area contributed by atoms with Crippen molar-refractivity contribution in [2.24, 2.45) is 0 Å². The molecular formula is C24H26N4O8. The number of alkyl carbamates (subject to hydrolysis) is 1. The molecule has 2 aromatic rings. The quantitative estimate of drug-likeness (QED) is 0.230. The van der Waals surface area contributed by atoms with E-state index in [4.69, 9.17) is 9.47 Å². The lowest BCUT2D eigenvalue weighted by molar-refractivity contribution is -0.384. The number of non-ortho nitro benzene ring substituents is 1. The van der Waals surface area contributed by atoms with E-state index in [1.807, 2.05) is 18.2 Å². The minimum absolute atomic E-state index is 0.0539. The van der Waals surface area contributed by atoms with Crippen LogP contribution in [0.1, 0.15) is 25.3 Å². The number of likely N-dealkylation sites (tertiary alicyclic amines) is 1. The lowest BCUT2D eigenvalue weighted by atomic mass is 10.2. The van der Waals surface area contributed by atoms with Crippen LogP contribution in [0.2, 0.25) is 0 Å². The summed E-state index contributed by atoms with van der Waals surface area (Å²) in [5.41, 5.74) is 0.650. The van der Waals surface area contributed by atoms with Crippen molar-refractivity contribution < 1.29 is 33.6 Å². The van der Waals surface area contributed by atoms with Gasteiger partial charge in [-0.3, -0.25) is 19.7 Å². The Hall–Kier alpha value is -4.48. The first kappa shape index (κ1) is 26.1. The minimum Gasteiger partial charge on any atom is -0.445 e. The first-order valence-corrected chi connectivity index (χ1v) is 11.2. The number of esters is 1. The second-order valence-corrected chi connectivity index (χ2v) is 8.06. The Balaban J connectivity index is 1.45. The molecule has 3 amide bonds. The summed E-state index contributed by atoms with van der Waals surface area (Å²) in [5, 5.41) is 15.6. The number of nitro groups is 1. The highest BCUT2D eigenvalue weighted by molar-refractivity contribution is 5.92. The third-order valence-electron chi connectivity index (χ3n) is 5.44. The Morgan fingerprint density at radius 3 is 2.47 bits per heavy atom. The Labute approximate surface area is 206 Å². The topological polar surface area (TPSA) is 157 Å². The van der Waals surface area contributed by atoms with Crippen LogP contribution in [0.3, 0.4) is 0 Å². The molecule has 2 N–H and O–H groups in total. The number of hydrogen-bond acceptors (Lipinski definition) is 8. The van der Waals surface area contributed by atoms with Crippen molar-refractivity contribution in [3.8, 4) is 5.75 Å². The van der Waals surface area contributed by atoms with Gasteiger partial charge in [0.25, 0.3) is 5.69 Å². The highest BCUT2D eigenvalue weighted by atomic mass is 16.6. The molecule has 2 aromatic carbocycles. The van der Waals surface area contributed by atoms with Crippen LogP contribution in [0.15, 0.2) is 54.6 Å². The SMILES string of the molecule is C[C@H](NC(=O)OCc1ccccc1)C(=O)N1CCC[C@H]1C(=O)NCC(=O)Oc1ccc([N+](=O)[O-])cc1. The number of amides is 3. The van der Waals surface area contributed by atoms with Crippen molar-refractivity contribution in [1.82, 2.24) is 15.5 Å². The summed E-state index contributed by atoms with van der Waals surface area (Å²) in [4.78, 5) is 61.1. The van der Waals surface area contributed by atoms with Gasteiger partial charge in [0.2, 0.25) is 11.8 Å². The molecule has 1 saturated heterocycles. The van der Waals surface area contributed by atoms with Crippen molar-refractivity contribution in [3.05, 3.63) is 70.3 Å². The number of ether oxygens (including phenoxy) is 2. The molecule has 1 heterocycles. The van der Waals surface area contributed by atoms with Crippen LogP contribution in [-0.2, 0) is 25.7 Å². The second kappa shape index (κ2) is 12.3. The molecule has 1 fully saturated rings. The van der Waals surface area contributed by atoms with E-state index in [9.17, 15) is 29.3 Å². The van der Waals surface area contributed by atoms with E-state index in [-0.39, 0.29) is 18.0 Å². The van der Waals surface area contributed by atoms with Crippen LogP contribution in [0.5, 0.6) is 5.75 Å². The van der Waals surface area contributed by atoms with Crippen molar-refractivity contribution in [2.75, 3.05) is 13.1 Å². The number of carbonyl (C=O) groups excluding carboxylic acids is 4. The molecule has 0 unspecified atom stereocenters. The predicted octanol–water partition coefficient (Wildman–Crippen LogP) is 1.92. The number of nitrogens with zero attached hydrogens (tertiary/aromatic N) is 2. The first-order chi connectivity index (χ1) is 17.2. The third kappa shape index (κ3) is 7.26. The van der Waals surface area contributed by atoms with E-state index in [1.54, 1.807) is 12.1 Å². The summed E-state index contributed by atoms with van der Waals surface area (Å²) in [6.07, 6.45) is 0.233. The van der Waals surface area contributed by atoms with Gasteiger partial charge < -0.3 is 25.0 Å². The van der Waals surface area contributed by atoms with Gasteiger partial charge in [-0.05, 0) is 37.5 Å². The fourth-order valence-corrected chi connectivity index (χ4v) is 3.64. The Morgan fingerprint density at radius 1 is 1.11 bits per heavy atom. The molecule has 190 valence electrons. The van der Waals surface area contributed by atoms with Gasteiger partial charge in [-0.15, -0.1) is 0 Å². The van der Waals surface area contributed by atoms with Crippen LogP contribution in [0, 0.1) is 10.1 Å². The van der Waals surface area contributed by atoms with Gasteiger partial charge in [0.15, 0.2) is 0 Å². The normalized spacial score (nSPS) is 15.5.